The van der Waals surface area contributed by atoms with E-state index < -0.39 is 0 Å². The molecule has 0 spiro atoms. The van der Waals surface area contributed by atoms with Gasteiger partial charge in [0.05, 0.1) is 0 Å². The second-order valence-electron chi connectivity index (χ2n) is 5.61. The Bertz CT molecular complexity index is 471. The first-order valence-corrected chi connectivity index (χ1v) is 7.05. The van der Waals surface area contributed by atoms with Crippen molar-refractivity contribution in [1.82, 2.24) is 5.32 Å². The lowest BCUT2D eigenvalue weighted by molar-refractivity contribution is 0.105. The molecule has 3 nitrogen and oxygen atoms in total. The Hall–Kier alpha value is -1.06. The summed E-state index contributed by atoms with van der Waals surface area (Å²) in [5.74, 6) is 0.906. The van der Waals surface area contributed by atoms with Gasteiger partial charge in [0.1, 0.15) is 11.9 Å². The van der Waals surface area contributed by atoms with Crippen LogP contribution >= 0.6 is 11.6 Å². The summed E-state index contributed by atoms with van der Waals surface area (Å²) in [7, 11) is 0. The molecule has 0 saturated heterocycles. The van der Waals surface area contributed by atoms with Crippen LogP contribution < -0.4 is 5.32 Å². The van der Waals surface area contributed by atoms with Gasteiger partial charge in [-0.15, -0.1) is 0 Å². The van der Waals surface area contributed by atoms with Crippen molar-refractivity contribution in [3.63, 3.8) is 0 Å². The third-order valence-corrected chi connectivity index (χ3v) is 3.39. The van der Waals surface area contributed by atoms with Gasteiger partial charge in [-0.1, -0.05) is 37.6 Å². The highest BCUT2D eigenvalue weighted by atomic mass is 35.5. The maximum atomic E-state index is 6.06. The van der Waals surface area contributed by atoms with Gasteiger partial charge in [-0.2, -0.15) is 0 Å². The van der Waals surface area contributed by atoms with Gasteiger partial charge in [0.25, 0.3) is 0 Å². The standard InChI is InChI=1S/C15H21ClN2O/c1-4-19-13(11-6-5-7-12(16)8-11)14-17-9-15(2,3)10-18-14/h5-8,13H,4,9-10H2,1-3H3,(H,17,18)/t13-/m0/s1. The van der Waals surface area contributed by atoms with Gasteiger partial charge < -0.3 is 10.1 Å². The van der Waals surface area contributed by atoms with E-state index in [1.807, 2.05) is 31.2 Å². The van der Waals surface area contributed by atoms with E-state index in [9.17, 15) is 0 Å². The fourth-order valence-electron chi connectivity index (χ4n) is 2.09. The van der Waals surface area contributed by atoms with Gasteiger partial charge in [-0.25, -0.2) is 0 Å². The number of halogens is 1. The average molecular weight is 281 g/mol. The second-order valence-corrected chi connectivity index (χ2v) is 6.05. The minimum absolute atomic E-state index is 0.153. The minimum Gasteiger partial charge on any atom is -0.371 e. The molecule has 0 fully saturated rings. The van der Waals surface area contributed by atoms with Crippen molar-refractivity contribution in [1.29, 1.82) is 0 Å². The number of nitrogens with one attached hydrogen (secondary N) is 1. The van der Waals surface area contributed by atoms with Crippen LogP contribution in [-0.4, -0.2) is 25.5 Å². The average Bonchev–Trinajstić information content (AvgIpc) is 2.36. The quantitative estimate of drug-likeness (QED) is 0.916. The molecule has 104 valence electrons. The third-order valence-electron chi connectivity index (χ3n) is 3.16. The SMILES string of the molecule is CCO[C@H](C1=NCC(C)(C)CN1)c1cccc(Cl)c1. The first-order chi connectivity index (χ1) is 9.02. The van der Waals surface area contributed by atoms with Crippen molar-refractivity contribution in [3.05, 3.63) is 34.9 Å². The Morgan fingerprint density at radius 3 is 2.84 bits per heavy atom. The molecule has 0 bridgehead atoms. The lowest BCUT2D eigenvalue weighted by Crippen LogP contribution is -2.43. The molecular formula is C15H21ClN2O. The lowest BCUT2D eigenvalue weighted by Gasteiger charge is -2.32. The molecule has 1 aliphatic rings. The van der Waals surface area contributed by atoms with Crippen LogP contribution in [0.2, 0.25) is 5.02 Å². The Morgan fingerprint density at radius 2 is 2.26 bits per heavy atom. The van der Waals surface area contributed by atoms with Gasteiger partial charge in [-0.05, 0) is 24.6 Å². The van der Waals surface area contributed by atoms with Crippen LogP contribution in [-0.2, 0) is 4.74 Å². The zero-order chi connectivity index (χ0) is 13.9. The molecule has 0 radical (unpaired) electrons. The summed E-state index contributed by atoms with van der Waals surface area (Å²) in [5.41, 5.74) is 1.24. The van der Waals surface area contributed by atoms with E-state index in [4.69, 9.17) is 16.3 Å². The largest absolute Gasteiger partial charge is 0.371 e. The zero-order valence-corrected chi connectivity index (χ0v) is 12.5. The molecule has 0 aromatic heterocycles. The monoisotopic (exact) mass is 280 g/mol. The van der Waals surface area contributed by atoms with E-state index >= 15 is 0 Å². The van der Waals surface area contributed by atoms with Crippen LogP contribution in [0.4, 0.5) is 0 Å². The summed E-state index contributed by atoms with van der Waals surface area (Å²) in [6.45, 7) is 8.77. The summed E-state index contributed by atoms with van der Waals surface area (Å²) >= 11 is 6.06. The molecule has 4 heteroatoms. The molecule has 0 unspecified atom stereocenters. The highest BCUT2D eigenvalue weighted by Gasteiger charge is 2.27. The molecule has 1 N–H and O–H groups in total. The predicted molar refractivity (Wildman–Crippen MR) is 79.9 cm³/mol. The predicted octanol–water partition coefficient (Wildman–Crippen LogP) is 3.45. The minimum atomic E-state index is -0.153. The van der Waals surface area contributed by atoms with Crippen molar-refractivity contribution < 1.29 is 4.74 Å². The molecule has 2 rings (SSSR count). The molecule has 1 aromatic rings. The molecule has 1 heterocycles. The van der Waals surface area contributed by atoms with Crippen LogP contribution in [0.15, 0.2) is 29.3 Å². The normalized spacial score (nSPS) is 19.5. The first kappa shape index (κ1) is 14.4. The van der Waals surface area contributed by atoms with Crippen LogP contribution in [0.3, 0.4) is 0 Å². The maximum Gasteiger partial charge on any atom is 0.139 e. The van der Waals surface area contributed by atoms with E-state index in [-0.39, 0.29) is 11.5 Å². The van der Waals surface area contributed by atoms with E-state index in [2.05, 4.69) is 24.2 Å². The third kappa shape index (κ3) is 3.71. The van der Waals surface area contributed by atoms with Gasteiger partial charge in [0.15, 0.2) is 0 Å². The Balaban J connectivity index is 2.24. The zero-order valence-electron chi connectivity index (χ0n) is 11.7. The number of ether oxygens (including phenoxy) is 1. The van der Waals surface area contributed by atoms with E-state index in [0.717, 1.165) is 29.5 Å². The number of benzene rings is 1. The number of hydrogen-bond acceptors (Lipinski definition) is 3. The molecule has 1 aliphatic heterocycles. The highest BCUT2D eigenvalue weighted by molar-refractivity contribution is 6.30. The summed E-state index contributed by atoms with van der Waals surface area (Å²) in [6.07, 6.45) is -0.153. The molecule has 0 saturated carbocycles. The van der Waals surface area contributed by atoms with E-state index in [1.165, 1.54) is 0 Å². The van der Waals surface area contributed by atoms with E-state index in [0.29, 0.717) is 6.61 Å². The van der Waals surface area contributed by atoms with E-state index in [1.54, 1.807) is 0 Å². The lowest BCUT2D eigenvalue weighted by atomic mass is 9.92. The van der Waals surface area contributed by atoms with Gasteiger partial charge in [0, 0.05) is 30.1 Å². The topological polar surface area (TPSA) is 33.6 Å². The van der Waals surface area contributed by atoms with Crippen molar-refractivity contribution in [2.75, 3.05) is 19.7 Å². The maximum absolute atomic E-state index is 6.06. The number of nitrogens with zero attached hydrogens (tertiary/aromatic N) is 1. The number of amidine groups is 1. The summed E-state index contributed by atoms with van der Waals surface area (Å²) in [6, 6.07) is 7.77. The van der Waals surface area contributed by atoms with Crippen LogP contribution in [0.25, 0.3) is 0 Å². The Morgan fingerprint density at radius 1 is 1.47 bits per heavy atom. The fourth-order valence-corrected chi connectivity index (χ4v) is 2.28. The Labute approximate surface area is 120 Å². The molecular weight excluding hydrogens is 260 g/mol. The van der Waals surface area contributed by atoms with Crippen molar-refractivity contribution in [2.45, 2.75) is 26.9 Å². The molecule has 1 aromatic carbocycles. The van der Waals surface area contributed by atoms with Gasteiger partial charge in [0.2, 0.25) is 0 Å². The second kappa shape index (κ2) is 5.93. The van der Waals surface area contributed by atoms with Crippen LogP contribution in [0, 0.1) is 5.41 Å². The van der Waals surface area contributed by atoms with Gasteiger partial charge >= 0.3 is 0 Å². The van der Waals surface area contributed by atoms with Crippen molar-refractivity contribution in [2.24, 2.45) is 10.4 Å². The molecule has 0 aliphatic carbocycles. The number of aliphatic imine (C=N–C) groups is 1. The van der Waals surface area contributed by atoms with Gasteiger partial charge in [-0.3, -0.25) is 4.99 Å². The molecule has 19 heavy (non-hydrogen) atoms. The first-order valence-electron chi connectivity index (χ1n) is 6.67. The summed E-state index contributed by atoms with van der Waals surface area (Å²) in [5, 5.41) is 4.12. The van der Waals surface area contributed by atoms with Crippen LogP contribution in [0.5, 0.6) is 0 Å². The van der Waals surface area contributed by atoms with Crippen LogP contribution in [0.1, 0.15) is 32.4 Å². The molecule has 1 atom stereocenters. The molecule has 0 amide bonds. The fraction of sp³-hybridized carbons (Fsp3) is 0.533. The summed E-state index contributed by atoms with van der Waals surface area (Å²) in [4.78, 5) is 4.64. The number of hydrogen-bond donors (Lipinski definition) is 1. The highest BCUT2D eigenvalue weighted by Crippen LogP contribution is 2.25. The smallest absolute Gasteiger partial charge is 0.139 e. The summed E-state index contributed by atoms with van der Waals surface area (Å²) < 4.78 is 5.84. The Kier molecular flexibility index (Phi) is 4.48. The van der Waals surface area contributed by atoms with Crippen molar-refractivity contribution >= 4 is 17.4 Å². The van der Waals surface area contributed by atoms with Crippen molar-refractivity contribution in [3.8, 4) is 0 Å². The number of rotatable bonds is 4.